The van der Waals surface area contributed by atoms with E-state index in [0.717, 1.165) is 50.1 Å². The molecule has 1 saturated heterocycles. The van der Waals surface area contributed by atoms with Crippen LogP contribution in [0.1, 0.15) is 91.4 Å². The molecule has 7 rings (SSSR count). The Labute approximate surface area is 343 Å². The monoisotopic (exact) mass is 838 g/mol. The molecule has 3 unspecified atom stereocenters. The number of amides is 3. The lowest BCUT2D eigenvalue weighted by molar-refractivity contribution is -0.140. The molecule has 2 aliphatic heterocycles. The van der Waals surface area contributed by atoms with E-state index in [0.29, 0.717) is 46.6 Å². The second kappa shape index (κ2) is 17.9. The number of alkyl carbamates (subject to hydrolysis) is 1. The molecule has 3 amide bonds. The maximum absolute atomic E-state index is 14.7. The average Bonchev–Trinajstić information content (AvgIpc) is 3.60. The van der Waals surface area contributed by atoms with Gasteiger partial charge in [0.1, 0.15) is 46.8 Å². The number of allylic oxidation sites excluding steroid dienone is 1. The molecule has 1 aromatic carbocycles. The highest BCUT2D eigenvalue weighted by atomic mass is 32.1. The largest absolute Gasteiger partial charge is 0.497 e. The first-order valence-corrected chi connectivity index (χ1v) is 23.0. The molecule has 3 aromatic rings. The summed E-state index contributed by atoms with van der Waals surface area (Å²) in [5.41, 5.74) is 1.82. The van der Waals surface area contributed by atoms with Gasteiger partial charge in [0, 0.05) is 41.3 Å². The molecule has 4 N–H and O–H groups in total. The van der Waals surface area contributed by atoms with Gasteiger partial charge in [0.05, 0.1) is 31.5 Å². The average molecular weight is 839 g/mol. The molecule has 6 atom stereocenters. The number of carbonyl (C=O) groups excluding carboxylic acids is 3. The molecule has 4 aliphatic rings. The number of rotatable bonds is 11. The Morgan fingerprint density at radius 3 is 2.64 bits per heavy atom. The standard InChI is InChI=1S/C41H55N6O9PS/c1-5-54-57(51,52)41-22-26(41)13-9-7-6-8-10-16-31(45-40(50)56-27-14-11-12-15-27)38(49)47-23-29(20-35(47)37(48)46-41)55-36-21-33(34-24-58-39(44-34)42-25(2)3)43-32-19-28(53-4)17-18-30(32)36/h9,13,17-19,21,24-27,29,31,35H,5-8,10-12,14-16,20,22-23H2,1-4H3,(H,42,44)(H,45,50)(H,46,48)(H,51,52)/b13-9-/t26?,29-,31+,35+,41?/m1/s1. The fraction of sp³-hybridized carbons (Fsp3) is 0.585. The molecule has 314 valence electrons. The van der Waals surface area contributed by atoms with E-state index in [1.807, 2.05) is 55.6 Å². The number of ether oxygens (including phenoxy) is 3. The van der Waals surface area contributed by atoms with Crippen molar-refractivity contribution in [3.8, 4) is 22.9 Å². The Balaban J connectivity index is 1.22. The molecule has 15 nitrogen and oxygen atoms in total. The summed E-state index contributed by atoms with van der Waals surface area (Å²) in [5, 5.41) is 10.9. The van der Waals surface area contributed by atoms with Crippen LogP contribution in [0.25, 0.3) is 22.3 Å². The fourth-order valence-electron chi connectivity index (χ4n) is 8.26. The first-order chi connectivity index (χ1) is 27.9. The smallest absolute Gasteiger partial charge is 0.408 e. The van der Waals surface area contributed by atoms with Crippen LogP contribution < -0.4 is 25.4 Å². The second-order valence-corrected chi connectivity index (χ2v) is 18.9. The summed E-state index contributed by atoms with van der Waals surface area (Å²) >= 11 is 1.47. The first-order valence-electron chi connectivity index (χ1n) is 20.5. The molecular formula is C41H55N6O9PS. The van der Waals surface area contributed by atoms with Crippen LogP contribution in [0.15, 0.2) is 41.8 Å². The third kappa shape index (κ3) is 9.30. The lowest BCUT2D eigenvalue weighted by Crippen LogP contribution is -2.55. The minimum Gasteiger partial charge on any atom is -0.497 e. The summed E-state index contributed by atoms with van der Waals surface area (Å²) < 4.78 is 37.1. The van der Waals surface area contributed by atoms with Gasteiger partial charge < -0.3 is 44.5 Å². The van der Waals surface area contributed by atoms with Gasteiger partial charge in [-0.2, -0.15) is 0 Å². The van der Waals surface area contributed by atoms with E-state index in [1.165, 1.54) is 16.2 Å². The number of anilines is 1. The topological polar surface area (TPSA) is 191 Å². The number of aromatic nitrogens is 2. The van der Waals surface area contributed by atoms with Crippen LogP contribution in [0.4, 0.5) is 9.93 Å². The number of pyridine rings is 1. The van der Waals surface area contributed by atoms with Crippen LogP contribution in [0.2, 0.25) is 0 Å². The third-order valence-corrected chi connectivity index (χ3v) is 14.3. The predicted molar refractivity (Wildman–Crippen MR) is 221 cm³/mol. The summed E-state index contributed by atoms with van der Waals surface area (Å²) in [7, 11) is -2.76. The minimum atomic E-state index is -4.34. The van der Waals surface area contributed by atoms with Crippen molar-refractivity contribution < 1.29 is 42.6 Å². The SMILES string of the molecule is CCOP(=O)(O)C12CC1/C=C\CCCCC[C@H](NC(=O)OC1CCCC1)C(=O)N1C[C@H](Oc3cc(-c4csc(NC(C)C)n4)nc4cc(OC)ccc34)C[C@H]1C(=O)N2. The van der Waals surface area contributed by atoms with Gasteiger partial charge in [-0.25, -0.2) is 14.8 Å². The Bertz CT molecular complexity index is 2060. The minimum absolute atomic E-state index is 0.0136. The van der Waals surface area contributed by atoms with Crippen molar-refractivity contribution in [2.24, 2.45) is 5.92 Å². The van der Waals surface area contributed by atoms with Crippen molar-refractivity contribution in [3.05, 3.63) is 41.8 Å². The Morgan fingerprint density at radius 1 is 1.09 bits per heavy atom. The van der Waals surface area contributed by atoms with Crippen LogP contribution in [0.5, 0.6) is 11.5 Å². The van der Waals surface area contributed by atoms with E-state index < -0.39 is 54.9 Å². The Hall–Kier alpha value is -4.24. The third-order valence-electron chi connectivity index (χ3n) is 11.3. The van der Waals surface area contributed by atoms with Crippen LogP contribution in [-0.4, -0.2) is 93.5 Å². The van der Waals surface area contributed by atoms with Crippen molar-refractivity contribution in [1.29, 1.82) is 0 Å². The van der Waals surface area contributed by atoms with Crippen LogP contribution in [0.3, 0.4) is 0 Å². The van der Waals surface area contributed by atoms with E-state index in [9.17, 15) is 23.8 Å². The number of thiazole rings is 1. The van der Waals surface area contributed by atoms with Gasteiger partial charge in [-0.1, -0.05) is 25.0 Å². The number of nitrogens with one attached hydrogen (secondary N) is 3. The lowest BCUT2D eigenvalue weighted by atomic mass is 10.0. The molecule has 4 heterocycles. The zero-order chi connectivity index (χ0) is 41.0. The van der Waals surface area contributed by atoms with Crippen molar-refractivity contribution >= 4 is 52.9 Å². The summed E-state index contributed by atoms with van der Waals surface area (Å²) in [6.45, 7) is 5.71. The van der Waals surface area contributed by atoms with Crippen molar-refractivity contribution in [3.63, 3.8) is 0 Å². The summed E-state index contributed by atoms with van der Waals surface area (Å²) in [6, 6.07) is 5.43. The molecule has 2 aliphatic carbocycles. The molecule has 2 aromatic heterocycles. The van der Waals surface area contributed by atoms with Crippen molar-refractivity contribution in [2.75, 3.05) is 25.6 Å². The lowest BCUT2D eigenvalue weighted by Gasteiger charge is -2.31. The number of fused-ring (bicyclic) bond motifs is 3. The second-order valence-electron chi connectivity index (χ2n) is 15.9. The highest BCUT2D eigenvalue weighted by Gasteiger charge is 2.67. The van der Waals surface area contributed by atoms with Crippen LogP contribution >= 0.6 is 18.9 Å². The van der Waals surface area contributed by atoms with E-state index in [4.69, 9.17) is 28.7 Å². The first kappa shape index (κ1) is 41.9. The highest BCUT2D eigenvalue weighted by molar-refractivity contribution is 7.55. The number of hydrogen-bond donors (Lipinski definition) is 4. The van der Waals surface area contributed by atoms with E-state index in [1.54, 1.807) is 14.0 Å². The number of hydrogen-bond acceptors (Lipinski definition) is 12. The van der Waals surface area contributed by atoms with E-state index in [2.05, 4.69) is 16.0 Å². The van der Waals surface area contributed by atoms with E-state index >= 15 is 0 Å². The molecular weight excluding hydrogens is 784 g/mol. The summed E-state index contributed by atoms with van der Waals surface area (Å²) in [5.74, 6) is -0.368. The van der Waals surface area contributed by atoms with Gasteiger partial charge in [-0.15, -0.1) is 11.3 Å². The maximum atomic E-state index is 14.7. The number of nitrogens with zero attached hydrogens (tertiary/aromatic N) is 3. The van der Waals surface area contributed by atoms with Crippen molar-refractivity contribution in [2.45, 2.75) is 127 Å². The molecule has 0 bridgehead atoms. The molecule has 0 spiro atoms. The molecule has 17 heteroatoms. The Morgan fingerprint density at radius 2 is 1.88 bits per heavy atom. The molecule has 58 heavy (non-hydrogen) atoms. The van der Waals surface area contributed by atoms with Gasteiger partial charge in [-0.3, -0.25) is 14.2 Å². The van der Waals surface area contributed by atoms with Gasteiger partial charge in [0.2, 0.25) is 11.8 Å². The van der Waals surface area contributed by atoms with Gasteiger partial charge >= 0.3 is 13.7 Å². The highest BCUT2D eigenvalue weighted by Crippen LogP contribution is 2.70. The maximum Gasteiger partial charge on any atom is 0.408 e. The number of methoxy groups -OCH3 is 1. The number of carbonyl (C=O) groups is 3. The van der Waals surface area contributed by atoms with Gasteiger partial charge in [0.25, 0.3) is 0 Å². The fourth-order valence-corrected chi connectivity index (χ4v) is 10.9. The quantitative estimate of drug-likeness (QED) is 0.113. The molecule has 0 radical (unpaired) electrons. The number of benzene rings is 1. The van der Waals surface area contributed by atoms with Crippen LogP contribution in [0, 0.1) is 5.92 Å². The normalized spacial score (nSPS) is 27.1. The van der Waals surface area contributed by atoms with Crippen LogP contribution in [-0.2, 0) is 23.4 Å². The molecule has 3 fully saturated rings. The Kier molecular flexibility index (Phi) is 13.0. The van der Waals surface area contributed by atoms with Gasteiger partial charge in [-0.05, 0) is 84.3 Å². The van der Waals surface area contributed by atoms with Gasteiger partial charge in [0.15, 0.2) is 5.13 Å². The van der Waals surface area contributed by atoms with E-state index in [-0.39, 0.29) is 38.1 Å². The molecule has 2 saturated carbocycles. The zero-order valence-electron chi connectivity index (χ0n) is 33.6. The summed E-state index contributed by atoms with van der Waals surface area (Å²) in [6.07, 6.45) is 9.51. The summed E-state index contributed by atoms with van der Waals surface area (Å²) in [4.78, 5) is 64.7. The van der Waals surface area contributed by atoms with Crippen molar-refractivity contribution in [1.82, 2.24) is 25.5 Å². The predicted octanol–water partition coefficient (Wildman–Crippen LogP) is 7.15. The zero-order valence-corrected chi connectivity index (χ0v) is 35.3.